The summed E-state index contributed by atoms with van der Waals surface area (Å²) < 4.78 is -1.94. The number of hydrogen-bond acceptors (Lipinski definition) is 3. The number of alkyl halides is 3. The molecule has 1 amide bonds. The highest BCUT2D eigenvalue weighted by molar-refractivity contribution is 7.80. The first kappa shape index (κ1) is 23.1. The molecule has 160 valence electrons. The second-order valence-electron chi connectivity index (χ2n) is 6.46. The van der Waals surface area contributed by atoms with Crippen LogP contribution in [0.4, 0.5) is 5.69 Å². The largest absolute Gasteiger partial charge is 0.478 e. The molecule has 0 unspecified atom stereocenters. The molecule has 0 saturated heterocycles. The van der Waals surface area contributed by atoms with Crippen LogP contribution in [0.5, 0.6) is 0 Å². The molecule has 0 aliphatic heterocycles. The summed E-state index contributed by atoms with van der Waals surface area (Å²) in [4.78, 5) is 24.0. The minimum Gasteiger partial charge on any atom is -0.478 e. The van der Waals surface area contributed by atoms with Crippen molar-refractivity contribution in [3.05, 3.63) is 77.9 Å². The molecule has 0 aliphatic carbocycles. The third kappa shape index (κ3) is 5.98. The lowest BCUT2D eigenvalue weighted by molar-refractivity contribution is 0.0696. The Kier molecular flexibility index (Phi) is 7.23. The quantitative estimate of drug-likeness (QED) is 0.227. The van der Waals surface area contributed by atoms with Crippen molar-refractivity contribution in [1.29, 1.82) is 0 Å². The Labute approximate surface area is 198 Å². The van der Waals surface area contributed by atoms with Crippen LogP contribution in [0.25, 0.3) is 10.8 Å². The Balaban J connectivity index is 1.76. The van der Waals surface area contributed by atoms with Crippen molar-refractivity contribution in [3.8, 4) is 0 Å². The van der Waals surface area contributed by atoms with Crippen LogP contribution in [0.2, 0.25) is 0 Å². The van der Waals surface area contributed by atoms with Gasteiger partial charge in [-0.15, -0.1) is 0 Å². The van der Waals surface area contributed by atoms with Crippen LogP contribution < -0.4 is 16.0 Å². The van der Waals surface area contributed by atoms with Gasteiger partial charge in [0.05, 0.1) is 5.56 Å². The number of anilines is 1. The Morgan fingerprint density at radius 2 is 1.61 bits per heavy atom. The van der Waals surface area contributed by atoms with Crippen molar-refractivity contribution in [1.82, 2.24) is 10.6 Å². The van der Waals surface area contributed by atoms with E-state index in [0.29, 0.717) is 11.3 Å². The number of fused-ring (bicyclic) bond motifs is 1. The lowest BCUT2D eigenvalue weighted by atomic mass is 10.0. The van der Waals surface area contributed by atoms with Gasteiger partial charge in [0.15, 0.2) is 5.11 Å². The number of benzene rings is 3. The highest BCUT2D eigenvalue weighted by Gasteiger charge is 2.35. The number of rotatable bonds is 5. The minimum absolute atomic E-state index is 0.0251. The molecule has 0 aliphatic rings. The van der Waals surface area contributed by atoms with Gasteiger partial charge in [0, 0.05) is 11.3 Å². The predicted molar refractivity (Wildman–Crippen MR) is 128 cm³/mol. The van der Waals surface area contributed by atoms with E-state index < -0.39 is 21.8 Å². The molecular formula is C21H16Cl3N3O3S. The standard InChI is InChI=1S/C21H16Cl3N3O3S/c22-21(23,24)19(27-20(31)25-14-8-3-7-13(11-14)18(29)30)26-17(28)16-10-4-6-12-5-1-2-9-15(12)16/h1-11,19H,(H,26,28)(H,29,30)(H2,25,27,31)/t19-/m1/s1. The van der Waals surface area contributed by atoms with Crippen LogP contribution in [-0.4, -0.2) is 32.1 Å². The highest BCUT2D eigenvalue weighted by Crippen LogP contribution is 2.30. The summed E-state index contributed by atoms with van der Waals surface area (Å²) in [6, 6.07) is 18.8. The molecule has 1 atom stereocenters. The molecule has 0 radical (unpaired) electrons. The topological polar surface area (TPSA) is 90.5 Å². The number of halogens is 3. The van der Waals surface area contributed by atoms with E-state index in [4.69, 9.17) is 52.1 Å². The number of carboxylic acid groups (broad SMARTS) is 1. The second-order valence-corrected chi connectivity index (χ2v) is 9.24. The number of carbonyl (C=O) groups excluding carboxylic acids is 1. The van der Waals surface area contributed by atoms with E-state index in [1.807, 2.05) is 30.3 Å². The van der Waals surface area contributed by atoms with Crippen molar-refractivity contribution in [2.75, 3.05) is 5.32 Å². The molecule has 10 heteroatoms. The summed E-state index contributed by atoms with van der Waals surface area (Å²) in [6.07, 6.45) is -1.17. The van der Waals surface area contributed by atoms with Crippen LogP contribution in [0.1, 0.15) is 20.7 Å². The van der Waals surface area contributed by atoms with E-state index in [9.17, 15) is 9.59 Å². The van der Waals surface area contributed by atoms with Gasteiger partial charge in [-0.2, -0.15) is 0 Å². The molecule has 31 heavy (non-hydrogen) atoms. The Morgan fingerprint density at radius 1 is 0.935 bits per heavy atom. The number of nitrogens with one attached hydrogen (secondary N) is 3. The number of thiocarbonyl (C=S) groups is 1. The molecule has 3 aromatic rings. The maximum atomic E-state index is 12.9. The number of carboxylic acids is 1. The van der Waals surface area contributed by atoms with E-state index in [-0.39, 0.29) is 10.7 Å². The molecule has 0 bridgehead atoms. The summed E-state index contributed by atoms with van der Waals surface area (Å²) in [7, 11) is 0. The Morgan fingerprint density at radius 3 is 2.32 bits per heavy atom. The van der Waals surface area contributed by atoms with Gasteiger partial charge in [-0.05, 0) is 47.3 Å². The molecule has 0 spiro atoms. The summed E-state index contributed by atoms with van der Waals surface area (Å²) in [5.41, 5.74) is 0.906. The lowest BCUT2D eigenvalue weighted by Gasteiger charge is -2.28. The fourth-order valence-corrected chi connectivity index (χ4v) is 3.42. The third-order valence-electron chi connectivity index (χ3n) is 4.28. The Hall–Kier alpha value is -2.58. The number of amides is 1. The summed E-state index contributed by atoms with van der Waals surface area (Å²) in [5.74, 6) is -1.54. The van der Waals surface area contributed by atoms with E-state index in [2.05, 4.69) is 16.0 Å². The fourth-order valence-electron chi connectivity index (χ4n) is 2.86. The highest BCUT2D eigenvalue weighted by atomic mass is 35.6. The van der Waals surface area contributed by atoms with Crippen LogP contribution in [0.15, 0.2) is 66.7 Å². The van der Waals surface area contributed by atoms with Gasteiger partial charge >= 0.3 is 5.97 Å². The number of aromatic carboxylic acids is 1. The molecule has 0 saturated carbocycles. The van der Waals surface area contributed by atoms with E-state index in [1.54, 1.807) is 24.3 Å². The van der Waals surface area contributed by atoms with E-state index in [0.717, 1.165) is 10.8 Å². The maximum absolute atomic E-state index is 12.9. The molecule has 0 aromatic heterocycles. The van der Waals surface area contributed by atoms with Crippen molar-refractivity contribution < 1.29 is 14.7 Å². The van der Waals surface area contributed by atoms with Gasteiger partial charge in [-0.3, -0.25) is 4.79 Å². The molecule has 0 heterocycles. The first-order valence-corrected chi connectivity index (χ1v) is 10.5. The molecular weight excluding hydrogens is 481 g/mol. The molecule has 3 rings (SSSR count). The summed E-state index contributed by atoms with van der Waals surface area (Å²) >= 11 is 23.4. The van der Waals surface area contributed by atoms with Gasteiger partial charge in [-0.25, -0.2) is 4.79 Å². The minimum atomic E-state index is -1.94. The van der Waals surface area contributed by atoms with Gasteiger partial charge in [0.1, 0.15) is 6.17 Å². The zero-order valence-electron chi connectivity index (χ0n) is 15.7. The van der Waals surface area contributed by atoms with E-state index >= 15 is 0 Å². The zero-order chi connectivity index (χ0) is 22.6. The van der Waals surface area contributed by atoms with Crippen molar-refractivity contribution in [2.45, 2.75) is 9.96 Å². The summed E-state index contributed by atoms with van der Waals surface area (Å²) in [5, 5.41) is 19.0. The number of carbonyl (C=O) groups is 2. The van der Waals surface area contributed by atoms with Crippen LogP contribution >= 0.6 is 47.0 Å². The van der Waals surface area contributed by atoms with Crippen LogP contribution in [-0.2, 0) is 0 Å². The molecule has 0 fully saturated rings. The average Bonchev–Trinajstić information content (AvgIpc) is 2.72. The smallest absolute Gasteiger partial charge is 0.335 e. The maximum Gasteiger partial charge on any atom is 0.335 e. The Bertz CT molecular complexity index is 1150. The summed E-state index contributed by atoms with van der Waals surface area (Å²) in [6.45, 7) is 0. The van der Waals surface area contributed by atoms with Crippen molar-refractivity contribution in [3.63, 3.8) is 0 Å². The van der Waals surface area contributed by atoms with Crippen molar-refractivity contribution >= 4 is 80.5 Å². The second kappa shape index (κ2) is 9.70. The van der Waals surface area contributed by atoms with Gasteiger partial charge in [0.25, 0.3) is 5.91 Å². The molecule has 3 aromatic carbocycles. The fraction of sp³-hybridized carbons (Fsp3) is 0.0952. The van der Waals surface area contributed by atoms with Gasteiger partial charge < -0.3 is 21.1 Å². The number of hydrogen-bond donors (Lipinski definition) is 4. The van der Waals surface area contributed by atoms with Crippen molar-refractivity contribution in [2.24, 2.45) is 0 Å². The monoisotopic (exact) mass is 495 g/mol. The normalized spacial score (nSPS) is 12.1. The lowest BCUT2D eigenvalue weighted by Crippen LogP contribution is -2.56. The first-order chi connectivity index (χ1) is 14.6. The van der Waals surface area contributed by atoms with Crippen LogP contribution in [0.3, 0.4) is 0 Å². The average molecular weight is 497 g/mol. The zero-order valence-corrected chi connectivity index (χ0v) is 18.8. The van der Waals surface area contributed by atoms with Gasteiger partial charge in [0.2, 0.25) is 3.79 Å². The predicted octanol–water partition coefficient (Wildman–Crippen LogP) is 4.95. The van der Waals surface area contributed by atoms with E-state index in [1.165, 1.54) is 12.1 Å². The molecule has 6 nitrogen and oxygen atoms in total. The van der Waals surface area contributed by atoms with Gasteiger partial charge in [-0.1, -0.05) is 77.3 Å². The molecule has 4 N–H and O–H groups in total. The van der Waals surface area contributed by atoms with Crippen LogP contribution in [0, 0.1) is 0 Å². The first-order valence-electron chi connectivity index (χ1n) is 8.91. The third-order valence-corrected chi connectivity index (χ3v) is 5.15. The SMILES string of the molecule is O=C(O)c1cccc(NC(=S)N[C@@H](NC(=O)c2cccc3ccccc23)C(Cl)(Cl)Cl)c1.